The van der Waals surface area contributed by atoms with Crippen molar-refractivity contribution in [1.82, 2.24) is 0 Å². The zero-order chi connectivity index (χ0) is 8.85. The molecule has 0 bridgehead atoms. The van der Waals surface area contributed by atoms with Crippen LogP contribution < -0.4 is 0 Å². The van der Waals surface area contributed by atoms with Gasteiger partial charge in [-0.2, -0.15) is 0 Å². The van der Waals surface area contributed by atoms with E-state index in [9.17, 15) is 9.59 Å². The predicted octanol–water partition coefficient (Wildman–Crippen LogP) is 1.88. The lowest BCUT2D eigenvalue weighted by Gasteiger charge is -2.14. The van der Waals surface area contributed by atoms with E-state index in [1.54, 1.807) is 0 Å². The summed E-state index contributed by atoms with van der Waals surface area (Å²) in [6, 6.07) is 0. The number of carbonyl (C=O) groups is 2. The maximum Gasteiger partial charge on any atom is 0.186 e. The van der Waals surface area contributed by atoms with Gasteiger partial charge in [0.1, 0.15) is 6.29 Å². The highest BCUT2D eigenvalue weighted by Crippen LogP contribution is 2.21. The van der Waals surface area contributed by atoms with E-state index in [0.29, 0.717) is 0 Å². The molecule has 0 aliphatic heterocycles. The van der Waals surface area contributed by atoms with Crippen LogP contribution in [0.5, 0.6) is 0 Å². The lowest BCUT2D eigenvalue weighted by Crippen LogP contribution is -2.15. The molecule has 0 spiro atoms. The number of rotatable bonds is 4. The van der Waals surface area contributed by atoms with Crippen LogP contribution in [0.25, 0.3) is 0 Å². The Labute approximate surface area is 71.7 Å². The van der Waals surface area contributed by atoms with E-state index in [4.69, 9.17) is 0 Å². The molecule has 0 aromatic carbocycles. The van der Waals surface area contributed by atoms with Gasteiger partial charge in [-0.1, -0.05) is 25.6 Å². The third-order valence-corrected chi connectivity index (χ3v) is 2.92. The van der Waals surface area contributed by atoms with E-state index in [-0.39, 0.29) is 16.3 Å². The van der Waals surface area contributed by atoms with Crippen LogP contribution in [0, 0.1) is 5.92 Å². The average Bonchev–Trinajstić information content (AvgIpc) is 1.98. The molecular formula is C8H14O2S. The van der Waals surface area contributed by atoms with Crippen molar-refractivity contribution in [2.24, 2.45) is 5.92 Å². The average molecular weight is 174 g/mol. The Bertz CT molecular complexity index is 145. The molecule has 0 heterocycles. The Hall–Kier alpha value is -0.310. The first-order chi connectivity index (χ1) is 5.11. The van der Waals surface area contributed by atoms with Crippen molar-refractivity contribution in [3.8, 4) is 0 Å². The monoisotopic (exact) mass is 174 g/mol. The van der Waals surface area contributed by atoms with E-state index in [2.05, 4.69) is 0 Å². The molecular weight excluding hydrogens is 160 g/mol. The van der Waals surface area contributed by atoms with Gasteiger partial charge >= 0.3 is 0 Å². The lowest BCUT2D eigenvalue weighted by atomic mass is 10.1. The second-order valence-corrected chi connectivity index (χ2v) is 3.97. The molecule has 0 N–H and O–H groups in total. The summed E-state index contributed by atoms with van der Waals surface area (Å²) in [5.41, 5.74) is 0. The molecule has 0 amide bonds. The van der Waals surface area contributed by atoms with Gasteiger partial charge < -0.3 is 4.79 Å². The van der Waals surface area contributed by atoms with Gasteiger partial charge in [0.15, 0.2) is 5.12 Å². The van der Waals surface area contributed by atoms with E-state index >= 15 is 0 Å². The Kier molecular flexibility index (Phi) is 5.20. The molecule has 11 heavy (non-hydrogen) atoms. The normalized spacial score (nSPS) is 15.5. The Morgan fingerprint density at radius 1 is 1.64 bits per heavy atom. The van der Waals surface area contributed by atoms with Gasteiger partial charge in [-0.15, -0.1) is 0 Å². The molecule has 0 saturated carbocycles. The van der Waals surface area contributed by atoms with E-state index in [0.717, 1.165) is 12.7 Å². The fourth-order valence-electron chi connectivity index (χ4n) is 0.863. The van der Waals surface area contributed by atoms with Crippen molar-refractivity contribution in [2.45, 2.75) is 32.4 Å². The van der Waals surface area contributed by atoms with Crippen molar-refractivity contribution in [3.05, 3.63) is 0 Å². The minimum absolute atomic E-state index is 0.0195. The highest BCUT2D eigenvalue weighted by atomic mass is 32.2. The number of carbonyl (C=O) groups excluding carboxylic acids is 2. The molecule has 0 unspecified atom stereocenters. The topological polar surface area (TPSA) is 34.1 Å². The first kappa shape index (κ1) is 10.7. The smallest absolute Gasteiger partial charge is 0.186 e. The van der Waals surface area contributed by atoms with Gasteiger partial charge in [-0.25, -0.2) is 0 Å². The molecule has 64 valence electrons. The van der Waals surface area contributed by atoms with E-state index in [1.807, 2.05) is 13.8 Å². The van der Waals surface area contributed by atoms with Gasteiger partial charge in [-0.05, 0) is 6.42 Å². The minimum atomic E-state index is -0.0195. The summed E-state index contributed by atoms with van der Waals surface area (Å²) in [7, 11) is 0. The minimum Gasteiger partial charge on any atom is -0.303 e. The summed E-state index contributed by atoms with van der Waals surface area (Å²) in [6.45, 7) is 5.36. The Morgan fingerprint density at radius 2 is 2.18 bits per heavy atom. The molecule has 2 nitrogen and oxygen atoms in total. The highest BCUT2D eigenvalue weighted by molar-refractivity contribution is 8.14. The molecule has 0 aromatic rings. The van der Waals surface area contributed by atoms with Crippen LogP contribution >= 0.6 is 11.8 Å². The highest BCUT2D eigenvalue weighted by Gasteiger charge is 2.16. The molecule has 2 atom stereocenters. The van der Waals surface area contributed by atoms with Crippen molar-refractivity contribution in [2.75, 3.05) is 0 Å². The van der Waals surface area contributed by atoms with E-state index in [1.165, 1.54) is 18.7 Å². The predicted molar refractivity (Wildman–Crippen MR) is 47.6 cm³/mol. The zero-order valence-corrected chi connectivity index (χ0v) is 7.98. The van der Waals surface area contributed by atoms with Gasteiger partial charge in [0.05, 0.1) is 0 Å². The van der Waals surface area contributed by atoms with Crippen molar-refractivity contribution < 1.29 is 9.59 Å². The van der Waals surface area contributed by atoms with Crippen LogP contribution in [0.2, 0.25) is 0 Å². The standard InChI is InChI=1S/C8H14O2S/c1-4-8(6(2)5-9)11-7(3)10/h5-6,8H,4H2,1-3H3/t6-,8-/m1/s1. The number of thioether (sulfide) groups is 1. The molecule has 0 aliphatic rings. The van der Waals surface area contributed by atoms with Gasteiger partial charge in [0.2, 0.25) is 0 Å². The Balaban J connectivity index is 3.93. The number of hydrogen-bond acceptors (Lipinski definition) is 3. The zero-order valence-electron chi connectivity index (χ0n) is 7.16. The summed E-state index contributed by atoms with van der Waals surface area (Å²) < 4.78 is 0. The van der Waals surface area contributed by atoms with Crippen LogP contribution in [0.15, 0.2) is 0 Å². The number of aldehydes is 1. The molecule has 0 fully saturated rings. The van der Waals surface area contributed by atoms with Crippen LogP contribution in [0.3, 0.4) is 0 Å². The second-order valence-electron chi connectivity index (χ2n) is 2.55. The second kappa shape index (κ2) is 5.35. The molecule has 0 rings (SSSR count). The van der Waals surface area contributed by atoms with Crippen molar-refractivity contribution >= 4 is 23.2 Å². The quantitative estimate of drug-likeness (QED) is 0.610. The summed E-state index contributed by atoms with van der Waals surface area (Å²) in [6.07, 6.45) is 1.77. The summed E-state index contributed by atoms with van der Waals surface area (Å²) >= 11 is 1.26. The maximum absolute atomic E-state index is 10.7. The first-order valence-corrected chi connectivity index (χ1v) is 4.62. The largest absolute Gasteiger partial charge is 0.303 e. The lowest BCUT2D eigenvalue weighted by molar-refractivity contribution is -0.110. The molecule has 0 aliphatic carbocycles. The molecule has 0 aromatic heterocycles. The SMILES string of the molecule is CC[C@@H](SC(C)=O)[C@H](C)C=O. The summed E-state index contributed by atoms with van der Waals surface area (Å²) in [5.74, 6) is -0.0195. The van der Waals surface area contributed by atoms with Crippen LogP contribution in [-0.2, 0) is 9.59 Å². The third-order valence-electron chi connectivity index (χ3n) is 1.52. The van der Waals surface area contributed by atoms with Gasteiger partial charge in [0, 0.05) is 18.1 Å². The number of hydrogen-bond donors (Lipinski definition) is 0. The fraction of sp³-hybridized carbons (Fsp3) is 0.750. The first-order valence-electron chi connectivity index (χ1n) is 3.74. The third kappa shape index (κ3) is 4.19. The summed E-state index contributed by atoms with van der Waals surface area (Å²) in [5, 5.41) is 0.246. The van der Waals surface area contributed by atoms with Gasteiger partial charge in [-0.3, -0.25) is 4.79 Å². The van der Waals surface area contributed by atoms with Crippen LogP contribution in [-0.4, -0.2) is 16.7 Å². The molecule has 3 heteroatoms. The maximum atomic E-state index is 10.7. The van der Waals surface area contributed by atoms with Crippen LogP contribution in [0.4, 0.5) is 0 Å². The summed E-state index contributed by atoms with van der Waals surface area (Å²) in [4.78, 5) is 21.0. The van der Waals surface area contributed by atoms with Crippen LogP contribution in [0.1, 0.15) is 27.2 Å². The van der Waals surface area contributed by atoms with E-state index < -0.39 is 0 Å². The Morgan fingerprint density at radius 3 is 2.45 bits per heavy atom. The fourth-order valence-corrected chi connectivity index (χ4v) is 1.74. The van der Waals surface area contributed by atoms with Crippen molar-refractivity contribution in [1.29, 1.82) is 0 Å². The molecule has 0 radical (unpaired) electrons. The van der Waals surface area contributed by atoms with Crippen molar-refractivity contribution in [3.63, 3.8) is 0 Å². The van der Waals surface area contributed by atoms with Gasteiger partial charge in [0.25, 0.3) is 0 Å². The molecule has 0 saturated heterocycles.